The molecule has 0 saturated heterocycles. The largest absolute Gasteiger partial charge is 0.423 e. The van der Waals surface area contributed by atoms with E-state index in [0.717, 1.165) is 11.8 Å². The molecule has 4 aromatic rings. The molecule has 0 radical (unpaired) electrons. The molecule has 0 saturated carbocycles. The highest BCUT2D eigenvalue weighted by atomic mass is 19.1. The number of anilines is 1. The van der Waals surface area contributed by atoms with Crippen LogP contribution in [-0.4, -0.2) is 38.1 Å². The third-order valence-corrected chi connectivity index (χ3v) is 5.78. The lowest BCUT2D eigenvalue weighted by Gasteiger charge is -2.12. The highest BCUT2D eigenvalue weighted by molar-refractivity contribution is 6.05. The van der Waals surface area contributed by atoms with Crippen molar-refractivity contribution in [2.24, 2.45) is 5.10 Å². The van der Waals surface area contributed by atoms with Gasteiger partial charge in [0.1, 0.15) is 17.3 Å². The summed E-state index contributed by atoms with van der Waals surface area (Å²) in [5, 5.41) is 6.66. The number of nitrogens with one attached hydrogen (secondary N) is 2. The third kappa shape index (κ3) is 8.21. The maximum atomic E-state index is 13.4. The van der Waals surface area contributed by atoms with Crippen LogP contribution in [0, 0.1) is 5.82 Å². The average molecular weight is 551 g/mol. The van der Waals surface area contributed by atoms with Crippen LogP contribution in [-0.2, 0) is 4.79 Å². The van der Waals surface area contributed by atoms with Crippen molar-refractivity contribution in [2.75, 3.05) is 19.0 Å². The fraction of sp³-hybridized carbons (Fsp3) is 0.0625. The molecule has 0 bridgehead atoms. The Kier molecular flexibility index (Phi) is 9.35. The first-order valence-corrected chi connectivity index (χ1v) is 12.6. The lowest BCUT2D eigenvalue weighted by molar-refractivity contribution is -0.117. The number of carbonyl (C=O) groups excluding carboxylic acids is 3. The standard InChI is InChI=1S/C32H27FN4O4/c1-37(2)27-15-11-22(12-16-27)19-29(35-30(38)24-7-4-3-5-8-24)31(39)36-34-21-23-13-17-28(18-14-23)41-32(40)25-9-6-10-26(33)20-25/h3-21H,1-2H3,(H,35,38)(H,36,39). The molecule has 2 N–H and O–H groups in total. The summed E-state index contributed by atoms with van der Waals surface area (Å²) >= 11 is 0. The molecular formula is C32H27FN4O4. The first-order chi connectivity index (χ1) is 19.8. The second-order valence-corrected chi connectivity index (χ2v) is 9.03. The quantitative estimate of drug-likeness (QED) is 0.100. The van der Waals surface area contributed by atoms with Gasteiger partial charge in [0.15, 0.2) is 0 Å². The van der Waals surface area contributed by atoms with Gasteiger partial charge in [-0.3, -0.25) is 9.59 Å². The fourth-order valence-corrected chi connectivity index (χ4v) is 3.61. The van der Waals surface area contributed by atoms with Crippen molar-refractivity contribution in [1.29, 1.82) is 0 Å². The Bertz CT molecular complexity index is 1580. The van der Waals surface area contributed by atoms with Crippen molar-refractivity contribution in [3.63, 3.8) is 0 Å². The molecule has 0 heterocycles. The molecule has 0 atom stereocenters. The molecule has 41 heavy (non-hydrogen) atoms. The summed E-state index contributed by atoms with van der Waals surface area (Å²) in [7, 11) is 3.85. The lowest BCUT2D eigenvalue weighted by Crippen LogP contribution is -2.32. The first kappa shape index (κ1) is 28.4. The molecule has 0 aliphatic heterocycles. The monoisotopic (exact) mass is 550 g/mol. The lowest BCUT2D eigenvalue weighted by atomic mass is 10.1. The molecule has 0 unspecified atom stereocenters. The number of esters is 1. The van der Waals surface area contributed by atoms with E-state index in [9.17, 15) is 18.8 Å². The maximum absolute atomic E-state index is 13.4. The molecule has 0 fully saturated rings. The number of carbonyl (C=O) groups is 3. The summed E-state index contributed by atoms with van der Waals surface area (Å²) in [5.74, 6) is -2.03. The Morgan fingerprint density at radius 3 is 2.12 bits per heavy atom. The zero-order chi connectivity index (χ0) is 29.2. The van der Waals surface area contributed by atoms with Crippen LogP contribution in [0.1, 0.15) is 31.8 Å². The van der Waals surface area contributed by atoms with Gasteiger partial charge in [-0.2, -0.15) is 5.10 Å². The van der Waals surface area contributed by atoms with Gasteiger partial charge in [-0.05, 0) is 83.9 Å². The van der Waals surface area contributed by atoms with E-state index in [1.807, 2.05) is 43.3 Å². The Hall–Kier alpha value is -5.57. The Balaban J connectivity index is 1.43. The van der Waals surface area contributed by atoms with Gasteiger partial charge in [-0.15, -0.1) is 0 Å². The highest BCUT2D eigenvalue weighted by Gasteiger charge is 2.14. The van der Waals surface area contributed by atoms with Crippen molar-refractivity contribution in [1.82, 2.24) is 10.7 Å². The van der Waals surface area contributed by atoms with Crippen molar-refractivity contribution in [2.45, 2.75) is 0 Å². The number of amides is 2. The van der Waals surface area contributed by atoms with E-state index < -0.39 is 23.6 Å². The van der Waals surface area contributed by atoms with Crippen LogP contribution in [0.25, 0.3) is 6.08 Å². The molecule has 0 aliphatic carbocycles. The molecule has 8 nitrogen and oxygen atoms in total. The third-order valence-electron chi connectivity index (χ3n) is 5.78. The zero-order valence-corrected chi connectivity index (χ0v) is 22.4. The van der Waals surface area contributed by atoms with Gasteiger partial charge in [-0.25, -0.2) is 14.6 Å². The van der Waals surface area contributed by atoms with Gasteiger partial charge in [0.05, 0.1) is 11.8 Å². The average Bonchev–Trinajstić information content (AvgIpc) is 2.98. The predicted molar refractivity (Wildman–Crippen MR) is 156 cm³/mol. The van der Waals surface area contributed by atoms with E-state index in [2.05, 4.69) is 15.8 Å². The van der Waals surface area contributed by atoms with Crippen LogP contribution in [0.2, 0.25) is 0 Å². The second-order valence-electron chi connectivity index (χ2n) is 9.03. The van der Waals surface area contributed by atoms with E-state index in [4.69, 9.17) is 4.74 Å². The van der Waals surface area contributed by atoms with Gasteiger partial charge in [0, 0.05) is 25.3 Å². The summed E-state index contributed by atoms with van der Waals surface area (Å²) in [6, 6.07) is 27.6. The van der Waals surface area contributed by atoms with E-state index in [-0.39, 0.29) is 17.0 Å². The summed E-state index contributed by atoms with van der Waals surface area (Å²) in [4.78, 5) is 39.9. The molecule has 0 aliphatic rings. The van der Waals surface area contributed by atoms with E-state index >= 15 is 0 Å². The fourth-order valence-electron chi connectivity index (χ4n) is 3.61. The van der Waals surface area contributed by atoms with Crippen LogP contribution < -0.4 is 20.4 Å². The number of rotatable bonds is 9. The van der Waals surface area contributed by atoms with Gasteiger partial charge in [-0.1, -0.05) is 36.4 Å². The summed E-state index contributed by atoms with van der Waals surface area (Å²) in [5.41, 5.74) is 5.23. The molecule has 206 valence electrons. The Labute approximate surface area is 236 Å². The van der Waals surface area contributed by atoms with E-state index in [0.29, 0.717) is 16.7 Å². The smallest absolute Gasteiger partial charge is 0.343 e. The van der Waals surface area contributed by atoms with Crippen LogP contribution >= 0.6 is 0 Å². The minimum absolute atomic E-state index is 0.00761. The minimum Gasteiger partial charge on any atom is -0.423 e. The maximum Gasteiger partial charge on any atom is 0.343 e. The number of halogens is 1. The minimum atomic E-state index is -0.689. The molecular weight excluding hydrogens is 523 g/mol. The molecule has 9 heteroatoms. The molecule has 4 aromatic carbocycles. The number of hydrogen-bond donors (Lipinski definition) is 2. The van der Waals surface area contributed by atoms with Gasteiger partial charge < -0.3 is 15.0 Å². The molecule has 2 amide bonds. The Morgan fingerprint density at radius 1 is 0.805 bits per heavy atom. The topological polar surface area (TPSA) is 100 Å². The van der Waals surface area contributed by atoms with E-state index in [1.54, 1.807) is 60.7 Å². The predicted octanol–water partition coefficient (Wildman–Crippen LogP) is 5.03. The summed E-state index contributed by atoms with van der Waals surface area (Å²) < 4.78 is 18.6. The van der Waals surface area contributed by atoms with Crippen LogP contribution in [0.3, 0.4) is 0 Å². The van der Waals surface area contributed by atoms with Gasteiger partial charge in [0.2, 0.25) is 0 Å². The normalized spacial score (nSPS) is 11.1. The van der Waals surface area contributed by atoms with Crippen LogP contribution in [0.4, 0.5) is 10.1 Å². The van der Waals surface area contributed by atoms with Crippen LogP contribution in [0.5, 0.6) is 5.75 Å². The molecule has 0 spiro atoms. The first-order valence-electron chi connectivity index (χ1n) is 12.6. The number of nitrogens with zero attached hydrogens (tertiary/aromatic N) is 2. The summed E-state index contributed by atoms with van der Waals surface area (Å²) in [6.45, 7) is 0. The van der Waals surface area contributed by atoms with Crippen molar-refractivity contribution in [3.8, 4) is 5.75 Å². The van der Waals surface area contributed by atoms with E-state index in [1.165, 1.54) is 24.4 Å². The second kappa shape index (κ2) is 13.5. The number of hydrazone groups is 1. The highest BCUT2D eigenvalue weighted by Crippen LogP contribution is 2.16. The zero-order valence-electron chi connectivity index (χ0n) is 22.4. The molecule has 0 aromatic heterocycles. The summed E-state index contributed by atoms with van der Waals surface area (Å²) in [6.07, 6.45) is 2.96. The molecule has 4 rings (SSSR count). The Morgan fingerprint density at radius 2 is 1.46 bits per heavy atom. The van der Waals surface area contributed by atoms with Crippen molar-refractivity contribution in [3.05, 3.63) is 137 Å². The van der Waals surface area contributed by atoms with Gasteiger partial charge >= 0.3 is 5.97 Å². The number of ether oxygens (including phenoxy) is 1. The van der Waals surface area contributed by atoms with Crippen molar-refractivity contribution < 1.29 is 23.5 Å². The number of benzene rings is 4. The number of hydrogen-bond acceptors (Lipinski definition) is 6. The van der Waals surface area contributed by atoms with Crippen LogP contribution in [0.15, 0.2) is 114 Å². The SMILES string of the molecule is CN(C)c1ccc(C=C(NC(=O)c2ccccc2)C(=O)NN=Cc2ccc(OC(=O)c3cccc(F)c3)cc2)cc1. The van der Waals surface area contributed by atoms with Crippen molar-refractivity contribution >= 4 is 35.8 Å². The van der Waals surface area contributed by atoms with Gasteiger partial charge in [0.25, 0.3) is 11.8 Å².